The quantitative estimate of drug-likeness (QED) is 0.591. The van der Waals surface area contributed by atoms with Crippen LogP contribution >= 0.6 is 0 Å². The van der Waals surface area contributed by atoms with Gasteiger partial charge in [0.1, 0.15) is 0 Å². The molecule has 0 aliphatic carbocycles. The molecule has 2 aromatic rings. The Morgan fingerprint density at radius 2 is 1.40 bits per heavy atom. The van der Waals surface area contributed by atoms with E-state index in [-0.39, 0.29) is 5.69 Å². The molecule has 0 bridgehead atoms. The van der Waals surface area contributed by atoms with Gasteiger partial charge in [-0.15, -0.1) is 0 Å². The smallest absolute Gasteiger partial charge is 0.416 e. The molecule has 164 valence electrons. The summed E-state index contributed by atoms with van der Waals surface area (Å²) < 4.78 is 96.0. The zero-order valence-electron chi connectivity index (χ0n) is 14.7. The van der Waals surface area contributed by atoms with Crippen molar-refractivity contribution < 1.29 is 45.0 Å². The van der Waals surface area contributed by atoms with Gasteiger partial charge < -0.3 is 14.8 Å². The average Bonchev–Trinajstić information content (AvgIpc) is 2.64. The first kappa shape index (κ1) is 23.0. The third kappa shape index (κ3) is 7.60. The van der Waals surface area contributed by atoms with Gasteiger partial charge in [-0.05, 0) is 24.3 Å². The zero-order valence-corrected chi connectivity index (χ0v) is 14.7. The fourth-order valence-electron chi connectivity index (χ4n) is 1.91. The van der Waals surface area contributed by atoms with Crippen molar-refractivity contribution in [3.63, 3.8) is 0 Å². The van der Waals surface area contributed by atoms with Gasteiger partial charge >= 0.3 is 12.2 Å². The van der Waals surface area contributed by atoms with Gasteiger partial charge in [0.05, 0.1) is 11.6 Å². The van der Waals surface area contributed by atoms with Crippen molar-refractivity contribution in [1.82, 2.24) is 9.97 Å². The first-order valence-corrected chi connectivity index (χ1v) is 7.99. The van der Waals surface area contributed by atoms with Gasteiger partial charge in [-0.2, -0.15) is 23.1 Å². The van der Waals surface area contributed by atoms with E-state index < -0.39 is 61.5 Å². The second-order valence-electron chi connectivity index (χ2n) is 5.43. The number of hydrogen-bond acceptors (Lipinski definition) is 5. The van der Waals surface area contributed by atoms with Gasteiger partial charge in [0.2, 0.25) is 17.7 Å². The fourth-order valence-corrected chi connectivity index (χ4v) is 1.91. The standard InChI is InChI=1S/C16H13F7N4O3/c17-10(18)6-29-12-5-13(30-7-11(19)20)26-14(25-12)27-15(28)24-9-3-1-8(2-4-9)16(21,22)23/h1-5,10-11H,6-7H2,(H2,24,25,26,27,28). The maximum Gasteiger partial charge on any atom is 0.416 e. The maximum atomic E-state index is 12.5. The molecule has 7 nitrogen and oxygen atoms in total. The highest BCUT2D eigenvalue weighted by molar-refractivity contribution is 5.98. The molecule has 2 amide bonds. The normalized spacial score (nSPS) is 11.5. The van der Waals surface area contributed by atoms with Gasteiger partial charge in [-0.3, -0.25) is 5.32 Å². The van der Waals surface area contributed by atoms with Crippen molar-refractivity contribution in [2.75, 3.05) is 23.8 Å². The Kier molecular flexibility index (Phi) is 7.60. The van der Waals surface area contributed by atoms with E-state index in [1.165, 1.54) is 0 Å². The molecule has 30 heavy (non-hydrogen) atoms. The molecular formula is C16H13F7N4O3. The van der Waals surface area contributed by atoms with Crippen LogP contribution in [0.15, 0.2) is 30.3 Å². The lowest BCUT2D eigenvalue weighted by atomic mass is 10.2. The molecule has 0 atom stereocenters. The minimum atomic E-state index is -4.55. The molecule has 2 rings (SSSR count). The lowest BCUT2D eigenvalue weighted by Gasteiger charge is -2.12. The molecule has 1 heterocycles. The molecule has 0 saturated carbocycles. The number of aromatic nitrogens is 2. The Morgan fingerprint density at radius 3 is 1.83 bits per heavy atom. The number of nitrogens with one attached hydrogen (secondary N) is 2. The summed E-state index contributed by atoms with van der Waals surface area (Å²) in [5.41, 5.74) is -0.943. The van der Waals surface area contributed by atoms with Gasteiger partial charge in [-0.25, -0.2) is 22.4 Å². The summed E-state index contributed by atoms with van der Waals surface area (Å²) in [5.74, 6) is -1.52. The number of anilines is 2. The van der Waals surface area contributed by atoms with Crippen molar-refractivity contribution in [1.29, 1.82) is 0 Å². The van der Waals surface area contributed by atoms with E-state index in [2.05, 4.69) is 30.1 Å². The van der Waals surface area contributed by atoms with Crippen LogP contribution in [-0.4, -0.2) is 42.1 Å². The lowest BCUT2D eigenvalue weighted by Crippen LogP contribution is -2.21. The topological polar surface area (TPSA) is 85.4 Å². The third-order valence-electron chi connectivity index (χ3n) is 3.09. The summed E-state index contributed by atoms with van der Waals surface area (Å²) in [7, 11) is 0. The maximum absolute atomic E-state index is 12.5. The van der Waals surface area contributed by atoms with E-state index in [0.717, 1.165) is 30.3 Å². The fraction of sp³-hybridized carbons (Fsp3) is 0.312. The number of carbonyl (C=O) groups is 1. The lowest BCUT2D eigenvalue weighted by molar-refractivity contribution is -0.137. The number of carbonyl (C=O) groups excluding carboxylic acids is 1. The molecule has 0 radical (unpaired) electrons. The number of urea groups is 1. The van der Waals surface area contributed by atoms with Crippen LogP contribution in [-0.2, 0) is 6.18 Å². The predicted molar refractivity (Wildman–Crippen MR) is 89.1 cm³/mol. The summed E-state index contributed by atoms with van der Waals surface area (Å²) in [6.07, 6.45) is -10.3. The van der Waals surface area contributed by atoms with E-state index in [4.69, 9.17) is 0 Å². The minimum absolute atomic E-state index is 0.0141. The Hall–Kier alpha value is -3.32. The van der Waals surface area contributed by atoms with E-state index in [1.54, 1.807) is 0 Å². The van der Waals surface area contributed by atoms with Crippen molar-refractivity contribution >= 4 is 17.7 Å². The summed E-state index contributed by atoms with van der Waals surface area (Å²) in [6, 6.07) is 3.30. The molecular weight excluding hydrogens is 429 g/mol. The number of benzene rings is 1. The molecule has 14 heteroatoms. The van der Waals surface area contributed by atoms with E-state index in [1.807, 2.05) is 0 Å². The minimum Gasteiger partial charge on any atom is -0.471 e. The van der Waals surface area contributed by atoms with Crippen LogP contribution < -0.4 is 20.1 Å². The highest BCUT2D eigenvalue weighted by atomic mass is 19.4. The van der Waals surface area contributed by atoms with Crippen LogP contribution in [0, 0.1) is 0 Å². The summed E-state index contributed by atoms with van der Waals surface area (Å²) in [4.78, 5) is 19.2. The van der Waals surface area contributed by atoms with Gasteiger partial charge in [-0.1, -0.05) is 0 Å². The molecule has 1 aromatic heterocycles. The van der Waals surface area contributed by atoms with E-state index in [9.17, 15) is 35.5 Å². The van der Waals surface area contributed by atoms with Crippen LogP contribution in [0.2, 0.25) is 0 Å². The molecule has 0 unspecified atom stereocenters. The number of halogens is 7. The monoisotopic (exact) mass is 442 g/mol. The first-order valence-electron chi connectivity index (χ1n) is 7.99. The largest absolute Gasteiger partial charge is 0.471 e. The van der Waals surface area contributed by atoms with Crippen LogP contribution in [0.1, 0.15) is 5.56 Å². The highest BCUT2D eigenvalue weighted by Crippen LogP contribution is 2.29. The number of nitrogens with zero attached hydrogens (tertiary/aromatic N) is 2. The number of amides is 2. The Balaban J connectivity index is 2.09. The second kappa shape index (κ2) is 9.93. The van der Waals surface area contributed by atoms with Gasteiger partial charge in [0.15, 0.2) is 13.2 Å². The SMILES string of the molecule is O=C(Nc1ccc(C(F)(F)F)cc1)Nc1nc(OCC(F)F)cc(OCC(F)F)n1. The Morgan fingerprint density at radius 1 is 0.900 bits per heavy atom. The van der Waals surface area contributed by atoms with Crippen molar-refractivity contribution in [2.24, 2.45) is 0 Å². The third-order valence-corrected chi connectivity index (χ3v) is 3.09. The van der Waals surface area contributed by atoms with E-state index in [0.29, 0.717) is 0 Å². The molecule has 0 aliphatic rings. The summed E-state index contributed by atoms with van der Waals surface area (Å²) in [5, 5.41) is 4.25. The number of alkyl halides is 7. The number of hydrogen-bond donors (Lipinski definition) is 2. The molecule has 1 aromatic carbocycles. The van der Waals surface area contributed by atoms with Crippen molar-refractivity contribution in [3.8, 4) is 11.8 Å². The molecule has 0 aliphatic heterocycles. The molecule has 0 fully saturated rings. The van der Waals surface area contributed by atoms with Crippen molar-refractivity contribution in [2.45, 2.75) is 19.0 Å². The molecule has 2 N–H and O–H groups in total. The Bertz CT molecular complexity index is 817. The molecule has 0 saturated heterocycles. The van der Waals surface area contributed by atoms with E-state index >= 15 is 0 Å². The Labute approximate surface area is 164 Å². The number of ether oxygens (including phenoxy) is 2. The average molecular weight is 442 g/mol. The van der Waals surface area contributed by atoms with Crippen LogP contribution in [0.25, 0.3) is 0 Å². The van der Waals surface area contributed by atoms with Gasteiger partial charge in [0, 0.05) is 5.69 Å². The summed E-state index contributed by atoms with van der Waals surface area (Å²) >= 11 is 0. The molecule has 0 spiro atoms. The van der Waals surface area contributed by atoms with Crippen LogP contribution in [0.4, 0.5) is 47.2 Å². The summed E-state index contributed by atoms with van der Waals surface area (Å²) in [6.45, 7) is -2.13. The second-order valence-corrected chi connectivity index (χ2v) is 5.43. The predicted octanol–water partition coefficient (Wildman–Crippen LogP) is 4.43. The zero-order chi connectivity index (χ0) is 22.3. The highest BCUT2D eigenvalue weighted by Gasteiger charge is 2.30. The van der Waals surface area contributed by atoms with Gasteiger partial charge in [0.25, 0.3) is 12.9 Å². The van der Waals surface area contributed by atoms with Crippen LogP contribution in [0.3, 0.4) is 0 Å². The van der Waals surface area contributed by atoms with Crippen molar-refractivity contribution in [3.05, 3.63) is 35.9 Å². The van der Waals surface area contributed by atoms with Crippen LogP contribution in [0.5, 0.6) is 11.8 Å². The first-order chi connectivity index (χ1) is 14.0. The number of rotatable bonds is 8.